The predicted octanol–water partition coefficient (Wildman–Crippen LogP) is 2.40. The van der Waals surface area contributed by atoms with Gasteiger partial charge in [-0.15, -0.1) is 0 Å². The van der Waals surface area contributed by atoms with Crippen molar-refractivity contribution in [2.45, 2.75) is 30.8 Å². The Morgan fingerprint density at radius 1 is 1.25 bits per heavy atom. The van der Waals surface area contributed by atoms with Crippen molar-refractivity contribution in [1.82, 2.24) is 0 Å². The van der Waals surface area contributed by atoms with E-state index in [1.807, 2.05) is 48.5 Å². The van der Waals surface area contributed by atoms with Crippen LogP contribution in [0.5, 0.6) is 0 Å². The maximum Gasteiger partial charge on any atom is 0.211 e. The van der Waals surface area contributed by atoms with Crippen molar-refractivity contribution in [3.63, 3.8) is 0 Å². The molecule has 2 aromatic rings. The lowest BCUT2D eigenvalue weighted by atomic mass is 9.81. The molecule has 2 aromatic carbocycles. The number of hydrogen-bond donors (Lipinski definition) is 2. The van der Waals surface area contributed by atoms with Crippen molar-refractivity contribution in [2.24, 2.45) is 11.1 Å². The monoisotopic (exact) mass is 405 g/mol. The van der Waals surface area contributed by atoms with Gasteiger partial charge in [0.15, 0.2) is 0 Å². The molecule has 7 heteroatoms. The SMILES string of the molecule is COCc1ccccc1-c1ccc(C2(O)COCC2CC(C)S(N)(=O)=O)cc1. The molecule has 28 heavy (non-hydrogen) atoms. The summed E-state index contributed by atoms with van der Waals surface area (Å²) in [5.74, 6) is -0.340. The largest absolute Gasteiger partial charge is 0.382 e. The Labute approximate surface area is 166 Å². The lowest BCUT2D eigenvalue weighted by Crippen LogP contribution is -2.38. The van der Waals surface area contributed by atoms with Gasteiger partial charge >= 0.3 is 0 Å². The van der Waals surface area contributed by atoms with Crippen molar-refractivity contribution < 1.29 is 23.0 Å². The Morgan fingerprint density at radius 2 is 1.93 bits per heavy atom. The zero-order valence-electron chi connectivity index (χ0n) is 16.2. The first-order valence-corrected chi connectivity index (χ1v) is 10.9. The lowest BCUT2D eigenvalue weighted by molar-refractivity contribution is -0.00577. The molecule has 0 radical (unpaired) electrons. The van der Waals surface area contributed by atoms with Crippen LogP contribution in [0.25, 0.3) is 11.1 Å². The molecule has 0 aromatic heterocycles. The van der Waals surface area contributed by atoms with Crippen LogP contribution in [-0.4, -0.2) is 39.1 Å². The quantitative estimate of drug-likeness (QED) is 0.737. The van der Waals surface area contributed by atoms with Crippen LogP contribution in [0.1, 0.15) is 24.5 Å². The Bertz CT molecular complexity index is 913. The first-order valence-electron chi connectivity index (χ1n) is 9.25. The predicted molar refractivity (Wildman–Crippen MR) is 108 cm³/mol. The van der Waals surface area contributed by atoms with E-state index in [0.717, 1.165) is 16.7 Å². The molecule has 0 bridgehead atoms. The molecule has 0 saturated carbocycles. The highest BCUT2D eigenvalue weighted by Crippen LogP contribution is 2.39. The second-order valence-electron chi connectivity index (χ2n) is 7.44. The normalized spacial score (nSPS) is 23.6. The van der Waals surface area contributed by atoms with Crippen LogP contribution in [0.2, 0.25) is 0 Å². The topological polar surface area (TPSA) is 98.8 Å². The molecule has 1 aliphatic heterocycles. The molecule has 3 atom stereocenters. The highest BCUT2D eigenvalue weighted by Gasteiger charge is 2.45. The molecule has 152 valence electrons. The fourth-order valence-electron chi connectivity index (χ4n) is 3.75. The fraction of sp³-hybridized carbons (Fsp3) is 0.429. The van der Waals surface area contributed by atoms with Crippen LogP contribution < -0.4 is 5.14 Å². The summed E-state index contributed by atoms with van der Waals surface area (Å²) in [7, 11) is -1.99. The van der Waals surface area contributed by atoms with E-state index in [4.69, 9.17) is 14.6 Å². The minimum Gasteiger partial charge on any atom is -0.382 e. The van der Waals surface area contributed by atoms with Gasteiger partial charge in [0, 0.05) is 13.0 Å². The average Bonchev–Trinajstić information content (AvgIpc) is 3.03. The molecule has 1 heterocycles. The van der Waals surface area contributed by atoms with Gasteiger partial charge in [-0.3, -0.25) is 0 Å². The standard InChI is InChI=1S/C21H27NO5S/c1-15(28(22,24)25)11-19-13-27-14-21(19,23)18-9-7-16(8-10-18)20-6-4-3-5-17(20)12-26-2/h3-10,15,19,23H,11-14H2,1-2H3,(H2,22,24,25). The summed E-state index contributed by atoms with van der Waals surface area (Å²) in [5, 5.41) is 15.8. The number of rotatable bonds is 7. The zero-order chi connectivity index (χ0) is 20.4. The first kappa shape index (κ1) is 21.0. The first-order chi connectivity index (χ1) is 13.3. The summed E-state index contributed by atoms with van der Waals surface area (Å²) in [6.07, 6.45) is 0.244. The van der Waals surface area contributed by atoms with Crippen LogP contribution in [0.3, 0.4) is 0 Å². The fourth-order valence-corrected chi connectivity index (χ4v) is 4.25. The van der Waals surface area contributed by atoms with Crippen LogP contribution >= 0.6 is 0 Å². The van der Waals surface area contributed by atoms with Gasteiger partial charge in [-0.25, -0.2) is 13.6 Å². The van der Waals surface area contributed by atoms with Gasteiger partial charge in [0.1, 0.15) is 5.60 Å². The van der Waals surface area contributed by atoms with E-state index in [0.29, 0.717) is 18.8 Å². The number of aliphatic hydroxyl groups is 1. The Hall–Kier alpha value is -1.77. The number of ether oxygens (including phenoxy) is 2. The van der Waals surface area contributed by atoms with Crippen LogP contribution in [0.4, 0.5) is 0 Å². The van der Waals surface area contributed by atoms with E-state index in [1.54, 1.807) is 14.0 Å². The number of primary sulfonamides is 1. The van der Waals surface area contributed by atoms with E-state index < -0.39 is 20.9 Å². The lowest BCUT2D eigenvalue weighted by Gasteiger charge is -2.30. The van der Waals surface area contributed by atoms with E-state index in [2.05, 4.69) is 0 Å². The van der Waals surface area contributed by atoms with Gasteiger partial charge in [0.2, 0.25) is 10.0 Å². The summed E-state index contributed by atoms with van der Waals surface area (Å²) < 4.78 is 34.0. The van der Waals surface area contributed by atoms with E-state index in [-0.39, 0.29) is 18.9 Å². The summed E-state index contributed by atoms with van der Waals surface area (Å²) >= 11 is 0. The van der Waals surface area contributed by atoms with Crippen molar-refractivity contribution in [1.29, 1.82) is 0 Å². The van der Waals surface area contributed by atoms with Gasteiger partial charge in [-0.1, -0.05) is 48.5 Å². The maximum absolute atomic E-state index is 11.6. The molecular weight excluding hydrogens is 378 g/mol. The van der Waals surface area contributed by atoms with Gasteiger partial charge in [-0.05, 0) is 35.6 Å². The molecule has 3 N–H and O–H groups in total. The molecule has 0 aliphatic carbocycles. The second-order valence-corrected chi connectivity index (χ2v) is 9.42. The molecule has 0 amide bonds. The molecule has 1 fully saturated rings. The van der Waals surface area contributed by atoms with Crippen molar-refractivity contribution >= 4 is 10.0 Å². The minimum absolute atomic E-state index is 0.134. The molecule has 3 unspecified atom stereocenters. The molecular formula is C21H27NO5S. The van der Waals surface area contributed by atoms with Crippen LogP contribution in [0.15, 0.2) is 48.5 Å². The van der Waals surface area contributed by atoms with Gasteiger partial charge in [-0.2, -0.15) is 0 Å². The minimum atomic E-state index is -3.65. The van der Waals surface area contributed by atoms with E-state index in [9.17, 15) is 13.5 Å². The zero-order valence-corrected chi connectivity index (χ0v) is 17.0. The summed E-state index contributed by atoms with van der Waals surface area (Å²) in [6.45, 7) is 2.51. The maximum atomic E-state index is 11.6. The smallest absolute Gasteiger partial charge is 0.211 e. The molecule has 1 aliphatic rings. The van der Waals surface area contributed by atoms with Gasteiger partial charge in [0.25, 0.3) is 0 Å². The van der Waals surface area contributed by atoms with Crippen molar-refractivity contribution in [2.75, 3.05) is 20.3 Å². The third-order valence-corrected chi connectivity index (χ3v) is 6.82. The molecule has 0 spiro atoms. The van der Waals surface area contributed by atoms with Gasteiger partial charge < -0.3 is 14.6 Å². The van der Waals surface area contributed by atoms with Crippen molar-refractivity contribution in [3.8, 4) is 11.1 Å². The number of hydrogen-bond acceptors (Lipinski definition) is 5. The number of nitrogens with two attached hydrogens (primary N) is 1. The summed E-state index contributed by atoms with van der Waals surface area (Å²) in [5.41, 5.74) is 2.66. The summed E-state index contributed by atoms with van der Waals surface area (Å²) in [6, 6.07) is 15.7. The Balaban J connectivity index is 1.86. The van der Waals surface area contributed by atoms with Crippen molar-refractivity contribution in [3.05, 3.63) is 59.7 Å². The third-order valence-electron chi connectivity index (χ3n) is 5.51. The Morgan fingerprint density at radius 3 is 2.57 bits per heavy atom. The number of sulfonamides is 1. The summed E-state index contributed by atoms with van der Waals surface area (Å²) in [4.78, 5) is 0. The number of benzene rings is 2. The Kier molecular flexibility index (Phi) is 6.21. The van der Waals surface area contributed by atoms with Gasteiger partial charge in [0.05, 0.1) is 25.1 Å². The van der Waals surface area contributed by atoms with E-state index >= 15 is 0 Å². The molecule has 1 saturated heterocycles. The highest BCUT2D eigenvalue weighted by atomic mass is 32.2. The van der Waals surface area contributed by atoms with Crippen LogP contribution in [-0.2, 0) is 31.7 Å². The molecule has 3 rings (SSSR count). The van der Waals surface area contributed by atoms with E-state index in [1.165, 1.54) is 0 Å². The van der Waals surface area contributed by atoms with Crippen LogP contribution in [0, 0.1) is 5.92 Å². The molecule has 6 nitrogen and oxygen atoms in total. The number of methoxy groups -OCH3 is 1. The average molecular weight is 406 g/mol. The third kappa shape index (κ3) is 4.29. The second kappa shape index (κ2) is 8.31. The highest BCUT2D eigenvalue weighted by molar-refractivity contribution is 7.89.